The highest BCUT2D eigenvalue weighted by Gasteiger charge is 2.15. The third kappa shape index (κ3) is 3.71. The van der Waals surface area contributed by atoms with E-state index < -0.39 is 5.63 Å². The summed E-state index contributed by atoms with van der Waals surface area (Å²) < 4.78 is 7.13. The molecule has 1 aliphatic heterocycles. The van der Waals surface area contributed by atoms with E-state index in [1.54, 1.807) is 6.92 Å². The van der Waals surface area contributed by atoms with Crippen molar-refractivity contribution in [3.8, 4) is 5.75 Å². The molecule has 1 aliphatic rings. The number of aryl methyl sites for hydroxylation is 2. The van der Waals surface area contributed by atoms with Crippen molar-refractivity contribution < 1.29 is 9.52 Å². The molecule has 0 spiro atoms. The van der Waals surface area contributed by atoms with Crippen molar-refractivity contribution in [2.45, 2.75) is 32.7 Å². The average Bonchev–Trinajstić information content (AvgIpc) is 2.97. The van der Waals surface area contributed by atoms with Crippen molar-refractivity contribution in [1.82, 2.24) is 14.5 Å². The van der Waals surface area contributed by atoms with Gasteiger partial charge in [0.15, 0.2) is 0 Å². The molecule has 1 fully saturated rings. The summed E-state index contributed by atoms with van der Waals surface area (Å²) in [5, 5.41) is 9.95. The van der Waals surface area contributed by atoms with Gasteiger partial charge in [0, 0.05) is 19.3 Å². The molecule has 0 amide bonds. The molecule has 3 heterocycles. The fraction of sp³-hybridized carbons (Fsp3) is 0.381. The lowest BCUT2D eigenvalue weighted by Crippen LogP contribution is -2.30. The van der Waals surface area contributed by atoms with Crippen molar-refractivity contribution >= 4 is 22.9 Å². The second-order valence-corrected chi connectivity index (χ2v) is 7.30. The molecule has 1 aromatic carbocycles. The summed E-state index contributed by atoms with van der Waals surface area (Å²) in [5.74, 6) is 1.26. The Bertz CT molecular complexity index is 1090. The molecular formula is C21H24N4O3. The van der Waals surface area contributed by atoms with Crippen LogP contribution in [0.3, 0.4) is 0 Å². The first-order chi connectivity index (χ1) is 13.5. The number of fused-ring (bicyclic) bond motifs is 1. The Kier molecular flexibility index (Phi) is 5.00. The molecule has 7 nitrogen and oxygen atoms in total. The zero-order chi connectivity index (χ0) is 19.7. The highest BCUT2D eigenvalue weighted by atomic mass is 16.4. The van der Waals surface area contributed by atoms with E-state index in [2.05, 4.69) is 14.5 Å². The third-order valence-corrected chi connectivity index (χ3v) is 5.20. The number of rotatable bonds is 4. The first kappa shape index (κ1) is 18.4. The Morgan fingerprint density at radius 1 is 1.25 bits per heavy atom. The maximum Gasteiger partial charge on any atom is 0.348 e. The predicted molar refractivity (Wildman–Crippen MR) is 108 cm³/mol. The van der Waals surface area contributed by atoms with Crippen LogP contribution in [0.25, 0.3) is 11.0 Å². The maximum absolute atomic E-state index is 11.9. The van der Waals surface area contributed by atoms with Crippen LogP contribution in [-0.2, 0) is 13.6 Å². The lowest BCUT2D eigenvalue weighted by atomic mass is 10.1. The van der Waals surface area contributed by atoms with Crippen LogP contribution >= 0.6 is 0 Å². The molecule has 3 aromatic rings. The fourth-order valence-electron chi connectivity index (χ4n) is 3.64. The largest absolute Gasteiger partial charge is 0.507 e. The van der Waals surface area contributed by atoms with Crippen LogP contribution in [0.2, 0.25) is 0 Å². The number of hydrogen-bond donors (Lipinski definition) is 1. The van der Waals surface area contributed by atoms with Crippen molar-refractivity contribution in [1.29, 1.82) is 0 Å². The van der Waals surface area contributed by atoms with Crippen LogP contribution in [0.5, 0.6) is 5.75 Å². The number of benzene rings is 1. The van der Waals surface area contributed by atoms with Crippen molar-refractivity contribution in [2.75, 3.05) is 13.1 Å². The molecule has 1 saturated heterocycles. The molecule has 4 rings (SSSR count). The van der Waals surface area contributed by atoms with Crippen LogP contribution in [0.15, 0.2) is 38.5 Å². The van der Waals surface area contributed by atoms with E-state index in [0.717, 1.165) is 36.5 Å². The van der Waals surface area contributed by atoms with Crippen LogP contribution in [0.1, 0.15) is 36.4 Å². The molecule has 0 atom stereocenters. The third-order valence-electron chi connectivity index (χ3n) is 5.20. The lowest BCUT2D eigenvalue weighted by molar-refractivity contribution is 0.214. The van der Waals surface area contributed by atoms with E-state index in [-0.39, 0.29) is 11.3 Å². The van der Waals surface area contributed by atoms with Gasteiger partial charge in [-0.2, -0.15) is 0 Å². The van der Waals surface area contributed by atoms with Crippen LogP contribution in [0.4, 0.5) is 5.69 Å². The fourth-order valence-corrected chi connectivity index (χ4v) is 3.64. The summed E-state index contributed by atoms with van der Waals surface area (Å²) >= 11 is 0. The summed E-state index contributed by atoms with van der Waals surface area (Å²) in [6, 6.07) is 7.14. The molecule has 0 aliphatic carbocycles. The minimum atomic E-state index is -0.607. The molecule has 0 radical (unpaired) electrons. The SMILES string of the molecule is Cc1cc(O)c(C=Nc2ccc3c(c2)nc(CN2CCCCC2)n3C)c(=O)o1. The maximum atomic E-state index is 11.9. The highest BCUT2D eigenvalue weighted by molar-refractivity contribution is 5.86. The second-order valence-electron chi connectivity index (χ2n) is 7.30. The second kappa shape index (κ2) is 7.59. The number of nitrogens with zero attached hydrogens (tertiary/aromatic N) is 4. The summed E-state index contributed by atoms with van der Waals surface area (Å²) in [5.41, 5.74) is 2.00. The first-order valence-electron chi connectivity index (χ1n) is 9.57. The molecule has 2 aromatic heterocycles. The van der Waals surface area contributed by atoms with E-state index in [1.807, 2.05) is 25.2 Å². The summed E-state index contributed by atoms with van der Waals surface area (Å²) in [4.78, 5) is 23.5. The molecule has 146 valence electrons. The number of hydrogen-bond acceptors (Lipinski definition) is 6. The van der Waals surface area contributed by atoms with Gasteiger partial charge in [0.05, 0.1) is 23.3 Å². The van der Waals surface area contributed by atoms with Gasteiger partial charge >= 0.3 is 5.63 Å². The summed E-state index contributed by atoms with van der Waals surface area (Å²) in [6.07, 6.45) is 5.15. The van der Waals surface area contributed by atoms with Crippen LogP contribution in [0, 0.1) is 6.92 Å². The smallest absolute Gasteiger partial charge is 0.348 e. The van der Waals surface area contributed by atoms with Crippen LogP contribution in [-0.4, -0.2) is 38.9 Å². The number of likely N-dealkylation sites (tertiary alicyclic amines) is 1. The molecule has 0 unspecified atom stereocenters. The van der Waals surface area contributed by atoms with Gasteiger partial charge in [-0.1, -0.05) is 6.42 Å². The standard InChI is InChI=1S/C21H24N4O3/c1-14-10-19(26)16(21(27)28-14)12-22-15-6-7-18-17(11-15)23-20(24(18)2)13-25-8-4-3-5-9-25/h6-7,10-12,26H,3-5,8-9,13H2,1-2H3. The first-order valence-corrected chi connectivity index (χ1v) is 9.57. The molecule has 1 N–H and O–H groups in total. The topological polar surface area (TPSA) is 83.9 Å². The quantitative estimate of drug-likeness (QED) is 0.702. The van der Waals surface area contributed by atoms with Gasteiger partial charge in [-0.25, -0.2) is 9.78 Å². The van der Waals surface area contributed by atoms with Gasteiger partial charge in [-0.15, -0.1) is 0 Å². The molecule has 7 heteroatoms. The number of aromatic hydroxyl groups is 1. The van der Waals surface area contributed by atoms with Gasteiger partial charge in [0.25, 0.3) is 0 Å². The van der Waals surface area contributed by atoms with E-state index in [9.17, 15) is 9.90 Å². The monoisotopic (exact) mass is 380 g/mol. The number of aromatic nitrogens is 2. The summed E-state index contributed by atoms with van der Waals surface area (Å²) in [7, 11) is 2.03. The van der Waals surface area contributed by atoms with Gasteiger partial charge in [0.1, 0.15) is 22.9 Å². The minimum absolute atomic E-state index is 0.0394. The zero-order valence-electron chi connectivity index (χ0n) is 16.2. The summed E-state index contributed by atoms with van der Waals surface area (Å²) in [6.45, 7) is 4.71. The lowest BCUT2D eigenvalue weighted by Gasteiger charge is -2.25. The van der Waals surface area contributed by atoms with E-state index in [1.165, 1.54) is 31.5 Å². The Morgan fingerprint density at radius 3 is 2.79 bits per heavy atom. The number of piperidine rings is 1. The zero-order valence-corrected chi connectivity index (χ0v) is 16.2. The Morgan fingerprint density at radius 2 is 2.04 bits per heavy atom. The van der Waals surface area contributed by atoms with E-state index >= 15 is 0 Å². The Balaban J connectivity index is 1.60. The van der Waals surface area contributed by atoms with Gasteiger partial charge in [-0.3, -0.25) is 9.89 Å². The molecular weight excluding hydrogens is 356 g/mol. The van der Waals surface area contributed by atoms with Gasteiger partial charge in [-0.05, 0) is 51.1 Å². The number of aliphatic imine (C=N–C) groups is 1. The Labute approximate surface area is 163 Å². The van der Waals surface area contributed by atoms with Crippen molar-refractivity contribution in [3.63, 3.8) is 0 Å². The number of imidazole rings is 1. The van der Waals surface area contributed by atoms with Crippen molar-refractivity contribution in [2.24, 2.45) is 12.0 Å². The van der Waals surface area contributed by atoms with E-state index in [0.29, 0.717) is 11.4 Å². The molecule has 0 bridgehead atoms. The predicted octanol–water partition coefficient (Wildman–Crippen LogP) is 3.28. The van der Waals surface area contributed by atoms with Gasteiger partial charge < -0.3 is 14.1 Å². The minimum Gasteiger partial charge on any atom is -0.507 e. The normalized spacial score (nSPS) is 15.6. The highest BCUT2D eigenvalue weighted by Crippen LogP contribution is 2.23. The molecule has 0 saturated carbocycles. The average molecular weight is 380 g/mol. The van der Waals surface area contributed by atoms with Crippen molar-refractivity contribution in [3.05, 3.63) is 51.8 Å². The van der Waals surface area contributed by atoms with E-state index in [4.69, 9.17) is 9.40 Å². The van der Waals surface area contributed by atoms with Gasteiger partial charge in [0.2, 0.25) is 0 Å². The van der Waals surface area contributed by atoms with Crippen LogP contribution < -0.4 is 5.63 Å². The molecule has 28 heavy (non-hydrogen) atoms. The Hall–Kier alpha value is -2.93.